The van der Waals surface area contributed by atoms with Crippen molar-refractivity contribution in [3.8, 4) is 0 Å². The van der Waals surface area contributed by atoms with E-state index in [0.29, 0.717) is 0 Å². The van der Waals surface area contributed by atoms with Crippen molar-refractivity contribution in [1.82, 2.24) is 9.55 Å². The number of carboxylic acids is 1. The van der Waals surface area contributed by atoms with E-state index in [-0.39, 0.29) is 12.3 Å². The summed E-state index contributed by atoms with van der Waals surface area (Å²) in [4.78, 5) is 16.3. The van der Waals surface area contributed by atoms with Crippen LogP contribution in [0, 0.1) is 0 Å². The molecular weight excluding hydrogens is 396 g/mol. The third kappa shape index (κ3) is 3.32. The van der Waals surface area contributed by atoms with Gasteiger partial charge in [0.25, 0.3) is 0 Å². The van der Waals surface area contributed by atoms with E-state index >= 15 is 0 Å². The molecule has 32 heavy (non-hydrogen) atoms. The summed E-state index contributed by atoms with van der Waals surface area (Å²) in [5.41, 5.74) is 4.92. The zero-order valence-corrected chi connectivity index (χ0v) is 17.9. The van der Waals surface area contributed by atoms with E-state index in [9.17, 15) is 9.90 Å². The van der Waals surface area contributed by atoms with Crippen molar-refractivity contribution in [1.29, 1.82) is 0 Å². The maximum Gasteiger partial charge on any atom is 0.304 e. The number of carboxylic acid groups (broad SMARTS) is 1. The van der Waals surface area contributed by atoms with Gasteiger partial charge in [0.15, 0.2) is 0 Å². The first kappa shape index (κ1) is 20.3. The Morgan fingerprint density at radius 3 is 1.84 bits per heavy atom. The Hall–Kier alpha value is -3.66. The van der Waals surface area contributed by atoms with Crippen LogP contribution in [-0.2, 0) is 16.8 Å². The number of nitrogens with zero attached hydrogens (tertiary/aromatic N) is 2. The lowest BCUT2D eigenvalue weighted by molar-refractivity contribution is -0.137. The van der Waals surface area contributed by atoms with Gasteiger partial charge in [0.1, 0.15) is 5.54 Å². The predicted octanol–water partition coefficient (Wildman–Crippen LogP) is 5.62. The van der Waals surface area contributed by atoms with Crippen molar-refractivity contribution in [2.45, 2.75) is 37.1 Å². The minimum absolute atomic E-state index is 0.0440. The molecule has 3 aromatic carbocycles. The molecule has 0 bridgehead atoms. The highest BCUT2D eigenvalue weighted by Gasteiger charge is 2.41. The Bertz CT molecular complexity index is 1100. The molecule has 1 heterocycles. The van der Waals surface area contributed by atoms with Crippen molar-refractivity contribution >= 4 is 5.97 Å². The molecule has 1 aliphatic carbocycles. The second-order valence-electron chi connectivity index (χ2n) is 8.44. The molecular formula is C28H26N2O2. The van der Waals surface area contributed by atoms with Crippen LogP contribution in [0.1, 0.15) is 53.3 Å². The zero-order valence-electron chi connectivity index (χ0n) is 17.9. The van der Waals surface area contributed by atoms with Gasteiger partial charge >= 0.3 is 5.97 Å². The van der Waals surface area contributed by atoms with Crippen LogP contribution in [0.25, 0.3) is 0 Å². The fraction of sp³-hybridized carbons (Fsp3) is 0.214. The molecule has 1 aromatic heterocycles. The summed E-state index contributed by atoms with van der Waals surface area (Å²) in [6.45, 7) is 0. The van der Waals surface area contributed by atoms with Crippen molar-refractivity contribution in [3.63, 3.8) is 0 Å². The normalized spacial score (nSPS) is 15.8. The van der Waals surface area contributed by atoms with Crippen molar-refractivity contribution in [2.24, 2.45) is 0 Å². The van der Waals surface area contributed by atoms with Crippen LogP contribution in [0.4, 0.5) is 0 Å². The lowest BCUT2D eigenvalue weighted by atomic mass is 9.76. The number of hydrogen-bond acceptors (Lipinski definition) is 2. The monoisotopic (exact) mass is 422 g/mol. The van der Waals surface area contributed by atoms with Crippen LogP contribution in [0.2, 0.25) is 0 Å². The van der Waals surface area contributed by atoms with Crippen LogP contribution >= 0.6 is 0 Å². The van der Waals surface area contributed by atoms with Crippen LogP contribution in [0.15, 0.2) is 97.3 Å². The van der Waals surface area contributed by atoms with Gasteiger partial charge in [0.05, 0.1) is 18.4 Å². The lowest BCUT2D eigenvalue weighted by Gasteiger charge is -2.39. The van der Waals surface area contributed by atoms with Crippen LogP contribution < -0.4 is 0 Å². The van der Waals surface area contributed by atoms with Crippen LogP contribution in [-0.4, -0.2) is 20.6 Å². The predicted molar refractivity (Wildman–Crippen MR) is 125 cm³/mol. The highest BCUT2D eigenvalue weighted by Crippen LogP contribution is 2.44. The molecule has 0 saturated carbocycles. The smallest absolute Gasteiger partial charge is 0.304 e. The number of hydrogen-bond donors (Lipinski definition) is 1. The topological polar surface area (TPSA) is 55.1 Å². The maximum absolute atomic E-state index is 11.5. The minimum Gasteiger partial charge on any atom is -0.481 e. The van der Waals surface area contributed by atoms with Crippen LogP contribution in [0.5, 0.6) is 0 Å². The maximum atomic E-state index is 11.5. The van der Waals surface area contributed by atoms with Crippen LogP contribution in [0.3, 0.4) is 0 Å². The Morgan fingerprint density at radius 2 is 1.38 bits per heavy atom. The molecule has 4 heteroatoms. The molecule has 0 spiro atoms. The number of aliphatic carboxylic acids is 1. The van der Waals surface area contributed by atoms with Gasteiger partial charge in [-0.3, -0.25) is 4.79 Å². The first-order chi connectivity index (χ1) is 15.7. The Kier molecular flexibility index (Phi) is 5.36. The zero-order chi connectivity index (χ0) is 22.0. The molecule has 160 valence electrons. The lowest BCUT2D eigenvalue weighted by Crippen LogP contribution is -2.39. The van der Waals surface area contributed by atoms with E-state index in [4.69, 9.17) is 4.98 Å². The highest BCUT2D eigenvalue weighted by molar-refractivity contribution is 5.68. The first-order valence-corrected chi connectivity index (χ1v) is 11.2. The third-order valence-corrected chi connectivity index (χ3v) is 6.61. The van der Waals surface area contributed by atoms with Gasteiger partial charge in [-0.15, -0.1) is 0 Å². The van der Waals surface area contributed by atoms with E-state index < -0.39 is 11.5 Å². The van der Waals surface area contributed by atoms with Gasteiger partial charge in [-0.05, 0) is 36.0 Å². The summed E-state index contributed by atoms with van der Waals surface area (Å²) < 4.78 is 2.30. The molecule has 0 fully saturated rings. The molecule has 0 saturated heterocycles. The molecule has 1 aliphatic rings. The van der Waals surface area contributed by atoms with Crippen molar-refractivity contribution < 1.29 is 9.90 Å². The molecule has 1 atom stereocenters. The average molecular weight is 423 g/mol. The summed E-state index contributed by atoms with van der Waals surface area (Å²) >= 11 is 0. The summed E-state index contributed by atoms with van der Waals surface area (Å²) in [5, 5.41) is 9.46. The van der Waals surface area contributed by atoms with E-state index in [1.165, 1.54) is 0 Å². The molecule has 4 aromatic rings. The van der Waals surface area contributed by atoms with E-state index in [1.807, 2.05) is 24.5 Å². The molecule has 1 unspecified atom stereocenters. The molecule has 0 amide bonds. The number of imidazole rings is 1. The number of fused-ring (bicyclic) bond motifs is 1. The SMILES string of the molecule is O=C(O)CC1CCCc2c1ncn2C(c1ccccc1)(c1ccccc1)c1ccccc1. The first-order valence-electron chi connectivity index (χ1n) is 11.2. The summed E-state index contributed by atoms with van der Waals surface area (Å²) in [7, 11) is 0. The second kappa shape index (κ2) is 8.46. The van der Waals surface area contributed by atoms with E-state index in [0.717, 1.165) is 47.3 Å². The average Bonchev–Trinajstić information content (AvgIpc) is 3.27. The van der Waals surface area contributed by atoms with E-state index in [2.05, 4.69) is 77.4 Å². The minimum atomic E-state index is -0.766. The Labute approximate surface area is 188 Å². The van der Waals surface area contributed by atoms with Gasteiger partial charge in [-0.2, -0.15) is 0 Å². The molecule has 4 nitrogen and oxygen atoms in total. The number of rotatable bonds is 6. The van der Waals surface area contributed by atoms with Crippen molar-refractivity contribution in [3.05, 3.63) is 125 Å². The summed E-state index contributed by atoms with van der Waals surface area (Å²) in [5.74, 6) is -0.810. The third-order valence-electron chi connectivity index (χ3n) is 6.61. The fourth-order valence-electron chi connectivity index (χ4n) is 5.28. The van der Waals surface area contributed by atoms with Gasteiger partial charge in [-0.1, -0.05) is 91.0 Å². The Morgan fingerprint density at radius 1 is 0.875 bits per heavy atom. The second-order valence-corrected chi connectivity index (χ2v) is 8.44. The van der Waals surface area contributed by atoms with Gasteiger partial charge < -0.3 is 9.67 Å². The quantitative estimate of drug-likeness (QED) is 0.411. The van der Waals surface area contributed by atoms with Gasteiger partial charge in [-0.25, -0.2) is 4.98 Å². The molecule has 5 rings (SSSR count). The standard InChI is InChI=1S/C28H26N2O2/c31-26(32)19-21-11-10-18-25-27(21)29-20-30(25)28(22-12-4-1-5-13-22,23-14-6-2-7-15-23)24-16-8-3-9-17-24/h1-9,12-17,20-21H,10-11,18-19H2,(H,31,32). The summed E-state index contributed by atoms with van der Waals surface area (Å²) in [6, 6.07) is 31.6. The molecule has 0 radical (unpaired) electrons. The number of aromatic nitrogens is 2. The van der Waals surface area contributed by atoms with E-state index in [1.54, 1.807) is 0 Å². The highest BCUT2D eigenvalue weighted by atomic mass is 16.4. The number of benzene rings is 3. The van der Waals surface area contributed by atoms with Gasteiger partial charge in [0.2, 0.25) is 0 Å². The largest absolute Gasteiger partial charge is 0.481 e. The summed E-state index contributed by atoms with van der Waals surface area (Å²) in [6.07, 6.45) is 4.77. The fourth-order valence-corrected chi connectivity index (χ4v) is 5.28. The molecule has 1 N–H and O–H groups in total. The molecule has 0 aliphatic heterocycles. The van der Waals surface area contributed by atoms with Crippen molar-refractivity contribution in [2.75, 3.05) is 0 Å². The van der Waals surface area contributed by atoms with Gasteiger partial charge in [0, 0.05) is 11.6 Å². The Balaban J connectivity index is 1.83. The number of carbonyl (C=O) groups is 1.